The van der Waals surface area contributed by atoms with Gasteiger partial charge in [-0.1, -0.05) is 47.2 Å². The molecule has 10 heteroatoms. The molecule has 3 aromatic rings. The van der Waals surface area contributed by atoms with E-state index < -0.39 is 10.0 Å². The second-order valence-electron chi connectivity index (χ2n) is 8.87. The molecule has 0 bridgehead atoms. The number of thiazole rings is 1. The summed E-state index contributed by atoms with van der Waals surface area (Å²) in [5.74, 6) is -0.251. The van der Waals surface area contributed by atoms with Crippen LogP contribution in [0.4, 0.5) is 5.13 Å². The van der Waals surface area contributed by atoms with Crippen molar-refractivity contribution < 1.29 is 13.2 Å². The summed E-state index contributed by atoms with van der Waals surface area (Å²) in [6.45, 7) is 5.32. The first-order chi connectivity index (χ1) is 16.3. The minimum atomic E-state index is -3.59. The molecule has 0 spiro atoms. The Kier molecular flexibility index (Phi) is 6.54. The second-order valence-corrected chi connectivity index (χ2v) is 12.2. The fourth-order valence-electron chi connectivity index (χ4n) is 4.71. The Balaban J connectivity index is 1.24. The van der Waals surface area contributed by atoms with Crippen LogP contribution >= 0.6 is 22.9 Å². The summed E-state index contributed by atoms with van der Waals surface area (Å²) in [4.78, 5) is 22.5. The molecule has 0 radical (unpaired) electrons. The highest BCUT2D eigenvalue weighted by atomic mass is 35.5. The van der Waals surface area contributed by atoms with Crippen molar-refractivity contribution in [1.82, 2.24) is 14.2 Å². The van der Waals surface area contributed by atoms with Crippen molar-refractivity contribution >= 4 is 54.2 Å². The number of amides is 1. The zero-order valence-corrected chi connectivity index (χ0v) is 21.4. The number of sulfonamides is 1. The minimum Gasteiger partial charge on any atom is -0.345 e. The van der Waals surface area contributed by atoms with Crippen molar-refractivity contribution in [3.8, 4) is 0 Å². The van der Waals surface area contributed by atoms with Gasteiger partial charge in [-0.3, -0.25) is 4.79 Å². The Morgan fingerprint density at radius 3 is 2.50 bits per heavy atom. The number of hydrogen-bond donors (Lipinski definition) is 0. The van der Waals surface area contributed by atoms with Gasteiger partial charge in [0.25, 0.3) is 0 Å². The van der Waals surface area contributed by atoms with Gasteiger partial charge in [0.1, 0.15) is 0 Å². The molecule has 2 aliphatic rings. The van der Waals surface area contributed by atoms with Gasteiger partial charge in [0.2, 0.25) is 15.9 Å². The summed E-state index contributed by atoms with van der Waals surface area (Å²) in [7, 11) is -3.59. The Bertz CT molecular complexity index is 1270. The van der Waals surface area contributed by atoms with E-state index in [4.69, 9.17) is 16.6 Å². The molecule has 3 heterocycles. The first-order valence-corrected chi connectivity index (χ1v) is 14.1. The van der Waals surface area contributed by atoms with E-state index in [9.17, 15) is 13.2 Å². The van der Waals surface area contributed by atoms with Crippen molar-refractivity contribution in [1.29, 1.82) is 0 Å². The highest BCUT2D eigenvalue weighted by Crippen LogP contribution is 2.36. The number of piperazine rings is 1. The first kappa shape index (κ1) is 23.5. The van der Waals surface area contributed by atoms with Crippen LogP contribution in [0.25, 0.3) is 10.2 Å². The van der Waals surface area contributed by atoms with Crippen LogP contribution in [0, 0.1) is 12.8 Å². The maximum atomic E-state index is 13.3. The Morgan fingerprint density at radius 2 is 1.79 bits per heavy atom. The maximum Gasteiger partial charge on any atom is 0.243 e. The van der Waals surface area contributed by atoms with Crippen molar-refractivity contribution in [3.05, 3.63) is 53.1 Å². The SMILES string of the molecule is Cc1ccc(Cl)c2sc(N3CCN(C(=O)C4CCCN(S(=O)(=O)c5ccccc5)C4)CC3)nc12. The summed E-state index contributed by atoms with van der Waals surface area (Å²) in [6, 6.07) is 12.3. The predicted molar refractivity (Wildman–Crippen MR) is 136 cm³/mol. The molecule has 0 N–H and O–H groups in total. The summed E-state index contributed by atoms with van der Waals surface area (Å²) < 4.78 is 28.5. The largest absolute Gasteiger partial charge is 0.345 e. The lowest BCUT2D eigenvalue weighted by molar-refractivity contribution is -0.137. The molecule has 0 aliphatic carbocycles. The average Bonchev–Trinajstić information content (AvgIpc) is 3.34. The Labute approximate surface area is 209 Å². The number of hydrogen-bond acceptors (Lipinski definition) is 6. The molecule has 1 aromatic heterocycles. The van der Waals surface area contributed by atoms with E-state index in [1.165, 1.54) is 4.31 Å². The van der Waals surface area contributed by atoms with Crippen LogP contribution in [0.3, 0.4) is 0 Å². The van der Waals surface area contributed by atoms with Crippen LogP contribution in [0.2, 0.25) is 5.02 Å². The van der Waals surface area contributed by atoms with E-state index in [0.717, 1.165) is 27.3 Å². The van der Waals surface area contributed by atoms with Gasteiger partial charge in [-0.25, -0.2) is 13.4 Å². The van der Waals surface area contributed by atoms with Crippen LogP contribution in [0.5, 0.6) is 0 Å². The number of piperidine rings is 1. The lowest BCUT2D eigenvalue weighted by Gasteiger charge is -2.38. The van der Waals surface area contributed by atoms with Gasteiger partial charge < -0.3 is 9.80 Å². The number of anilines is 1. The van der Waals surface area contributed by atoms with Crippen LogP contribution in [0.1, 0.15) is 18.4 Å². The third kappa shape index (κ3) is 4.42. The number of fused-ring (bicyclic) bond motifs is 1. The molecular formula is C24H27ClN4O3S2. The van der Waals surface area contributed by atoms with Gasteiger partial charge in [-0.05, 0) is 43.5 Å². The lowest BCUT2D eigenvalue weighted by atomic mass is 9.98. The van der Waals surface area contributed by atoms with E-state index in [1.807, 2.05) is 24.0 Å². The molecule has 5 rings (SSSR count). The molecule has 180 valence electrons. The normalized spacial score (nSPS) is 20.1. The standard InChI is InChI=1S/C24H27ClN4O3S2/c1-17-9-10-20(25)22-21(17)26-24(33-22)28-14-12-27(13-15-28)23(30)18-6-5-11-29(16-18)34(31,32)19-7-3-2-4-8-19/h2-4,7-10,18H,5-6,11-16H2,1H3. The molecule has 1 atom stereocenters. The Morgan fingerprint density at radius 1 is 1.06 bits per heavy atom. The molecule has 1 unspecified atom stereocenters. The van der Waals surface area contributed by atoms with Gasteiger partial charge in [0, 0.05) is 39.3 Å². The molecular weight excluding hydrogens is 492 g/mol. The van der Waals surface area contributed by atoms with Gasteiger partial charge in [-0.2, -0.15) is 4.31 Å². The van der Waals surface area contributed by atoms with Gasteiger partial charge >= 0.3 is 0 Å². The molecule has 2 saturated heterocycles. The van der Waals surface area contributed by atoms with Gasteiger partial charge in [0.05, 0.1) is 26.1 Å². The highest BCUT2D eigenvalue weighted by Gasteiger charge is 2.36. The zero-order chi connectivity index (χ0) is 23.9. The molecule has 2 aromatic carbocycles. The van der Waals surface area contributed by atoms with Crippen LogP contribution in [0.15, 0.2) is 47.4 Å². The molecule has 0 saturated carbocycles. The van der Waals surface area contributed by atoms with Crippen molar-refractivity contribution in [2.45, 2.75) is 24.7 Å². The summed E-state index contributed by atoms with van der Waals surface area (Å²) >= 11 is 7.96. The van der Waals surface area contributed by atoms with Gasteiger partial charge in [0.15, 0.2) is 5.13 Å². The van der Waals surface area contributed by atoms with Crippen LogP contribution < -0.4 is 4.90 Å². The first-order valence-electron chi connectivity index (χ1n) is 11.5. The number of halogens is 1. The molecule has 7 nitrogen and oxygen atoms in total. The number of aryl methyl sites for hydroxylation is 1. The fraction of sp³-hybridized carbons (Fsp3) is 0.417. The molecule has 1 amide bonds. The molecule has 34 heavy (non-hydrogen) atoms. The maximum absolute atomic E-state index is 13.3. The minimum absolute atomic E-state index is 0.0517. The third-order valence-corrected chi connectivity index (χ3v) is 10.1. The van der Waals surface area contributed by atoms with Crippen LogP contribution in [-0.2, 0) is 14.8 Å². The molecule has 2 fully saturated rings. The van der Waals surface area contributed by atoms with E-state index in [2.05, 4.69) is 4.90 Å². The zero-order valence-electron chi connectivity index (χ0n) is 19.0. The van der Waals surface area contributed by atoms with E-state index in [1.54, 1.807) is 41.7 Å². The molecule has 2 aliphatic heterocycles. The van der Waals surface area contributed by atoms with E-state index >= 15 is 0 Å². The smallest absolute Gasteiger partial charge is 0.243 e. The second kappa shape index (κ2) is 9.45. The fourth-order valence-corrected chi connectivity index (χ4v) is 7.62. The van der Waals surface area contributed by atoms with E-state index in [-0.39, 0.29) is 23.3 Å². The summed E-state index contributed by atoms with van der Waals surface area (Å²) in [5.41, 5.74) is 2.04. The van der Waals surface area contributed by atoms with Crippen molar-refractivity contribution in [2.24, 2.45) is 5.92 Å². The van der Waals surface area contributed by atoms with Crippen molar-refractivity contribution in [3.63, 3.8) is 0 Å². The van der Waals surface area contributed by atoms with Crippen LogP contribution in [-0.4, -0.2) is 67.8 Å². The highest BCUT2D eigenvalue weighted by molar-refractivity contribution is 7.89. The number of rotatable bonds is 4. The number of carbonyl (C=O) groups excluding carboxylic acids is 1. The summed E-state index contributed by atoms with van der Waals surface area (Å²) in [6.07, 6.45) is 1.41. The van der Waals surface area contributed by atoms with Crippen molar-refractivity contribution in [2.75, 3.05) is 44.2 Å². The topological polar surface area (TPSA) is 73.8 Å². The number of carbonyl (C=O) groups is 1. The number of benzene rings is 2. The Hall–Kier alpha value is -2.20. The predicted octanol–water partition coefficient (Wildman–Crippen LogP) is 4.01. The number of nitrogens with zero attached hydrogens (tertiary/aromatic N) is 4. The monoisotopic (exact) mass is 518 g/mol. The summed E-state index contributed by atoms with van der Waals surface area (Å²) in [5, 5.41) is 1.64. The van der Waals surface area contributed by atoms with E-state index in [0.29, 0.717) is 44.2 Å². The lowest BCUT2D eigenvalue weighted by Crippen LogP contribution is -2.53. The average molecular weight is 519 g/mol. The quantitative estimate of drug-likeness (QED) is 0.522. The van der Waals surface area contributed by atoms with Gasteiger partial charge in [-0.15, -0.1) is 0 Å². The third-order valence-electron chi connectivity index (χ3n) is 6.66. The number of aromatic nitrogens is 1.